The molecule has 4 nitrogen and oxygen atoms in total. The third kappa shape index (κ3) is 6.80. The highest BCUT2D eigenvalue weighted by molar-refractivity contribution is 5.37. The highest BCUT2D eigenvalue weighted by Crippen LogP contribution is 1.90. The van der Waals surface area contributed by atoms with Gasteiger partial charge in [-0.25, -0.2) is 4.98 Å². The molecule has 0 aromatic carbocycles. The van der Waals surface area contributed by atoms with Crippen LogP contribution in [-0.4, -0.2) is 22.5 Å². The summed E-state index contributed by atoms with van der Waals surface area (Å²) in [5, 5.41) is 0. The first-order chi connectivity index (χ1) is 5.81. The van der Waals surface area contributed by atoms with Crippen LogP contribution in [0.1, 0.15) is 20.3 Å². The van der Waals surface area contributed by atoms with Crippen LogP contribution < -0.4 is 0 Å². The number of carbonyl (C=O) groups is 1. The molecule has 0 spiro atoms. The Morgan fingerprint density at radius 2 is 2.50 bits per heavy atom. The lowest BCUT2D eigenvalue weighted by Crippen LogP contribution is -2.03. The van der Waals surface area contributed by atoms with Gasteiger partial charge >= 0.3 is 0 Å². The zero-order valence-electron chi connectivity index (χ0n) is 7.36. The summed E-state index contributed by atoms with van der Waals surface area (Å²) in [6.07, 6.45) is 6.05. The van der Waals surface area contributed by atoms with E-state index in [-0.39, 0.29) is 6.10 Å². The van der Waals surface area contributed by atoms with E-state index >= 15 is 0 Å². The molecule has 1 aromatic rings. The van der Waals surface area contributed by atoms with Crippen molar-refractivity contribution in [3.8, 4) is 0 Å². The minimum Gasteiger partial charge on any atom is -0.465 e. The molecular weight excluding hydrogens is 156 g/mol. The van der Waals surface area contributed by atoms with E-state index in [1.165, 1.54) is 0 Å². The summed E-state index contributed by atoms with van der Waals surface area (Å²) in [4.78, 5) is 16.0. The molecule has 1 N–H and O–H groups in total. The fraction of sp³-hybridized carbons (Fsp3) is 0.500. The molecule has 1 rings (SSSR count). The van der Waals surface area contributed by atoms with E-state index in [0.717, 1.165) is 6.42 Å². The second kappa shape index (κ2) is 7.78. The van der Waals surface area contributed by atoms with Gasteiger partial charge in [0.25, 0.3) is 6.47 Å². The molecule has 0 saturated heterocycles. The van der Waals surface area contributed by atoms with Gasteiger partial charge in [0.15, 0.2) is 0 Å². The Labute approximate surface area is 72.0 Å². The highest BCUT2D eigenvalue weighted by atomic mass is 16.5. The number of ether oxygens (including phenoxy) is 1. The van der Waals surface area contributed by atoms with Crippen molar-refractivity contribution in [3.63, 3.8) is 0 Å². The summed E-state index contributed by atoms with van der Waals surface area (Å²) < 4.78 is 4.51. The van der Waals surface area contributed by atoms with Gasteiger partial charge < -0.3 is 9.72 Å². The van der Waals surface area contributed by atoms with Crippen molar-refractivity contribution in [2.24, 2.45) is 0 Å². The van der Waals surface area contributed by atoms with Crippen molar-refractivity contribution in [1.29, 1.82) is 0 Å². The number of hydrogen-bond acceptors (Lipinski definition) is 3. The quantitative estimate of drug-likeness (QED) is 0.697. The first-order valence-corrected chi connectivity index (χ1v) is 3.83. The van der Waals surface area contributed by atoms with Crippen molar-refractivity contribution >= 4 is 6.47 Å². The SMILES string of the molecule is CCC(C)OC=O.c1c[nH]cn1. The number of nitrogens with zero attached hydrogens (tertiary/aromatic N) is 1. The number of H-pyrrole nitrogens is 1. The van der Waals surface area contributed by atoms with Crippen molar-refractivity contribution in [2.75, 3.05) is 0 Å². The van der Waals surface area contributed by atoms with Gasteiger partial charge in [0.1, 0.15) is 0 Å². The van der Waals surface area contributed by atoms with Gasteiger partial charge in [-0.3, -0.25) is 4.79 Å². The van der Waals surface area contributed by atoms with E-state index in [0.29, 0.717) is 6.47 Å². The van der Waals surface area contributed by atoms with E-state index < -0.39 is 0 Å². The van der Waals surface area contributed by atoms with Crippen molar-refractivity contribution in [3.05, 3.63) is 18.7 Å². The molecule has 1 heterocycles. The first-order valence-electron chi connectivity index (χ1n) is 3.83. The monoisotopic (exact) mass is 170 g/mol. The lowest BCUT2D eigenvalue weighted by atomic mass is 10.3. The average Bonchev–Trinajstić information content (AvgIpc) is 2.62. The van der Waals surface area contributed by atoms with Crippen LogP contribution in [0.3, 0.4) is 0 Å². The second-order valence-electron chi connectivity index (χ2n) is 2.21. The molecule has 0 fully saturated rings. The molecule has 4 heteroatoms. The topological polar surface area (TPSA) is 55.0 Å². The Morgan fingerprint density at radius 1 is 1.75 bits per heavy atom. The van der Waals surface area contributed by atoms with Gasteiger partial charge in [-0.1, -0.05) is 6.92 Å². The Morgan fingerprint density at radius 3 is 2.67 bits per heavy atom. The van der Waals surface area contributed by atoms with Crippen LogP contribution in [0.5, 0.6) is 0 Å². The normalized spacial score (nSPS) is 10.8. The van der Waals surface area contributed by atoms with Crippen LogP contribution in [0, 0.1) is 0 Å². The van der Waals surface area contributed by atoms with Crippen LogP contribution in [0.2, 0.25) is 0 Å². The Kier molecular flexibility index (Phi) is 6.93. The Hall–Kier alpha value is -1.32. The molecule has 1 unspecified atom stereocenters. The van der Waals surface area contributed by atoms with Gasteiger partial charge in [-0.05, 0) is 13.3 Å². The number of aromatic nitrogens is 2. The fourth-order valence-corrected chi connectivity index (χ4v) is 0.406. The molecule has 0 radical (unpaired) electrons. The predicted octanol–water partition coefficient (Wildman–Crippen LogP) is 1.37. The van der Waals surface area contributed by atoms with E-state index in [4.69, 9.17) is 0 Å². The number of rotatable bonds is 3. The van der Waals surface area contributed by atoms with E-state index in [2.05, 4.69) is 14.7 Å². The minimum atomic E-state index is 0.0810. The highest BCUT2D eigenvalue weighted by Gasteiger charge is 1.92. The predicted molar refractivity (Wildman–Crippen MR) is 45.5 cm³/mol. The van der Waals surface area contributed by atoms with Crippen molar-refractivity contribution < 1.29 is 9.53 Å². The van der Waals surface area contributed by atoms with Crippen molar-refractivity contribution in [2.45, 2.75) is 26.4 Å². The zero-order valence-corrected chi connectivity index (χ0v) is 7.36. The van der Waals surface area contributed by atoms with Crippen LogP contribution in [0.4, 0.5) is 0 Å². The standard InChI is InChI=1S/C5H10O2.C3H4N2/c1-3-5(2)7-4-6;1-2-5-3-4-1/h4-5H,3H2,1-2H3;1-3H,(H,4,5). The Bertz CT molecular complexity index is 158. The maximum absolute atomic E-state index is 9.55. The van der Waals surface area contributed by atoms with Crippen molar-refractivity contribution in [1.82, 2.24) is 9.97 Å². The number of nitrogens with one attached hydrogen (secondary N) is 1. The molecule has 0 aliphatic rings. The molecular formula is C8H14N2O2. The maximum atomic E-state index is 9.55. The molecule has 0 amide bonds. The van der Waals surface area contributed by atoms with E-state index in [1.807, 2.05) is 13.8 Å². The molecule has 0 saturated carbocycles. The van der Waals surface area contributed by atoms with Gasteiger partial charge in [-0.15, -0.1) is 0 Å². The molecule has 12 heavy (non-hydrogen) atoms. The molecule has 68 valence electrons. The molecule has 0 aliphatic heterocycles. The minimum absolute atomic E-state index is 0.0810. The molecule has 1 atom stereocenters. The average molecular weight is 170 g/mol. The smallest absolute Gasteiger partial charge is 0.293 e. The summed E-state index contributed by atoms with van der Waals surface area (Å²) in [6.45, 7) is 4.30. The number of aromatic amines is 1. The largest absolute Gasteiger partial charge is 0.465 e. The Balaban J connectivity index is 0.000000211. The summed E-state index contributed by atoms with van der Waals surface area (Å²) in [6, 6.07) is 0. The molecule has 0 bridgehead atoms. The third-order valence-corrected chi connectivity index (χ3v) is 1.27. The first kappa shape index (κ1) is 10.7. The summed E-state index contributed by atoms with van der Waals surface area (Å²) in [7, 11) is 0. The van der Waals surface area contributed by atoms with E-state index in [1.54, 1.807) is 18.7 Å². The second-order valence-corrected chi connectivity index (χ2v) is 2.21. The van der Waals surface area contributed by atoms with Gasteiger partial charge in [0, 0.05) is 12.4 Å². The summed E-state index contributed by atoms with van der Waals surface area (Å²) in [5.41, 5.74) is 0. The van der Waals surface area contributed by atoms with Gasteiger partial charge in [-0.2, -0.15) is 0 Å². The van der Waals surface area contributed by atoms with E-state index in [9.17, 15) is 4.79 Å². The van der Waals surface area contributed by atoms with Crippen LogP contribution in [-0.2, 0) is 9.53 Å². The molecule has 0 aliphatic carbocycles. The number of hydrogen-bond donors (Lipinski definition) is 1. The zero-order chi connectivity index (χ0) is 9.23. The van der Waals surface area contributed by atoms with Crippen LogP contribution >= 0.6 is 0 Å². The van der Waals surface area contributed by atoms with Crippen LogP contribution in [0.15, 0.2) is 18.7 Å². The number of imidazole rings is 1. The maximum Gasteiger partial charge on any atom is 0.293 e. The number of carbonyl (C=O) groups excluding carboxylic acids is 1. The van der Waals surface area contributed by atoms with Crippen LogP contribution in [0.25, 0.3) is 0 Å². The lowest BCUT2D eigenvalue weighted by Gasteiger charge is -2.02. The lowest BCUT2D eigenvalue weighted by molar-refractivity contribution is -0.132. The molecule has 1 aromatic heterocycles. The summed E-state index contributed by atoms with van der Waals surface area (Å²) in [5.74, 6) is 0. The van der Waals surface area contributed by atoms with Gasteiger partial charge in [0.05, 0.1) is 12.4 Å². The van der Waals surface area contributed by atoms with Gasteiger partial charge in [0.2, 0.25) is 0 Å². The fourth-order valence-electron chi connectivity index (χ4n) is 0.406. The summed E-state index contributed by atoms with van der Waals surface area (Å²) >= 11 is 0. The third-order valence-electron chi connectivity index (χ3n) is 1.27.